The first-order valence-corrected chi connectivity index (χ1v) is 6.36. The van der Waals surface area contributed by atoms with Gasteiger partial charge in [0.1, 0.15) is 0 Å². The maximum Gasteiger partial charge on any atom is 0.310 e. The Hall–Kier alpha value is -2.11. The SMILES string of the molecule is CC(C)C(C)(CC(=O)Nc1ccc(=O)n(C)c1)C(=O)O. The molecule has 0 aliphatic carbocycles. The Bertz CT molecular complexity index is 577. The number of pyridine rings is 1. The predicted molar refractivity (Wildman–Crippen MR) is 75.5 cm³/mol. The second-order valence-electron chi connectivity index (χ2n) is 5.47. The highest BCUT2D eigenvalue weighted by Crippen LogP contribution is 2.31. The highest BCUT2D eigenvalue weighted by Gasteiger charge is 2.38. The van der Waals surface area contributed by atoms with Gasteiger partial charge in [0.25, 0.3) is 0 Å². The third kappa shape index (κ3) is 3.46. The minimum atomic E-state index is -1.12. The summed E-state index contributed by atoms with van der Waals surface area (Å²) in [4.78, 5) is 34.5. The van der Waals surface area contributed by atoms with Crippen LogP contribution in [0.5, 0.6) is 0 Å². The van der Waals surface area contributed by atoms with E-state index < -0.39 is 11.4 Å². The van der Waals surface area contributed by atoms with Crippen LogP contribution in [0.25, 0.3) is 0 Å². The Morgan fingerprint density at radius 2 is 2.00 bits per heavy atom. The quantitative estimate of drug-likeness (QED) is 0.854. The molecule has 1 amide bonds. The van der Waals surface area contributed by atoms with Crippen molar-refractivity contribution >= 4 is 17.6 Å². The predicted octanol–water partition coefficient (Wildman–Crippen LogP) is 1.46. The smallest absolute Gasteiger partial charge is 0.310 e. The second kappa shape index (κ2) is 5.90. The maximum atomic E-state index is 12.0. The summed E-state index contributed by atoms with van der Waals surface area (Å²) in [6, 6.07) is 2.84. The van der Waals surface area contributed by atoms with Crippen molar-refractivity contribution in [2.24, 2.45) is 18.4 Å². The van der Waals surface area contributed by atoms with Crippen molar-refractivity contribution in [2.75, 3.05) is 5.32 Å². The van der Waals surface area contributed by atoms with Crippen molar-refractivity contribution in [3.8, 4) is 0 Å². The Morgan fingerprint density at radius 1 is 1.40 bits per heavy atom. The van der Waals surface area contributed by atoms with Gasteiger partial charge in [-0.3, -0.25) is 14.4 Å². The minimum Gasteiger partial charge on any atom is -0.481 e. The van der Waals surface area contributed by atoms with Gasteiger partial charge in [0.05, 0.1) is 11.1 Å². The van der Waals surface area contributed by atoms with Crippen molar-refractivity contribution in [1.82, 2.24) is 4.57 Å². The van der Waals surface area contributed by atoms with E-state index in [0.29, 0.717) is 5.69 Å². The number of nitrogens with one attached hydrogen (secondary N) is 1. The monoisotopic (exact) mass is 280 g/mol. The molecular formula is C14H20N2O4. The number of carbonyl (C=O) groups excluding carboxylic acids is 1. The van der Waals surface area contributed by atoms with Gasteiger partial charge in [0.15, 0.2) is 0 Å². The molecule has 0 radical (unpaired) electrons. The van der Waals surface area contributed by atoms with Crippen LogP contribution in [0.15, 0.2) is 23.1 Å². The van der Waals surface area contributed by atoms with E-state index >= 15 is 0 Å². The molecule has 6 heteroatoms. The lowest BCUT2D eigenvalue weighted by Crippen LogP contribution is -2.37. The average molecular weight is 280 g/mol. The molecule has 0 aliphatic rings. The van der Waals surface area contributed by atoms with Crippen molar-refractivity contribution in [1.29, 1.82) is 0 Å². The number of hydrogen-bond acceptors (Lipinski definition) is 3. The molecule has 0 aromatic carbocycles. The van der Waals surface area contributed by atoms with Crippen LogP contribution < -0.4 is 10.9 Å². The number of aromatic nitrogens is 1. The average Bonchev–Trinajstić information content (AvgIpc) is 2.33. The van der Waals surface area contributed by atoms with Crippen molar-refractivity contribution in [2.45, 2.75) is 27.2 Å². The molecule has 6 nitrogen and oxygen atoms in total. The highest BCUT2D eigenvalue weighted by molar-refractivity contribution is 5.94. The number of aliphatic carboxylic acids is 1. The molecule has 1 rings (SSSR count). The van der Waals surface area contributed by atoms with Gasteiger partial charge in [0.2, 0.25) is 11.5 Å². The lowest BCUT2D eigenvalue weighted by atomic mass is 9.76. The van der Waals surface area contributed by atoms with E-state index in [-0.39, 0.29) is 23.8 Å². The minimum absolute atomic E-state index is 0.122. The van der Waals surface area contributed by atoms with Gasteiger partial charge in [-0.15, -0.1) is 0 Å². The first kappa shape index (κ1) is 15.9. The first-order chi connectivity index (χ1) is 9.16. The molecule has 0 spiro atoms. The number of carbonyl (C=O) groups is 2. The fourth-order valence-electron chi connectivity index (χ4n) is 1.73. The van der Waals surface area contributed by atoms with Crippen molar-refractivity contribution in [3.63, 3.8) is 0 Å². The van der Waals surface area contributed by atoms with E-state index in [9.17, 15) is 19.5 Å². The Balaban J connectivity index is 2.83. The molecule has 0 saturated carbocycles. The van der Waals surface area contributed by atoms with Gasteiger partial charge in [-0.25, -0.2) is 0 Å². The largest absolute Gasteiger partial charge is 0.481 e. The number of carboxylic acid groups (broad SMARTS) is 1. The van der Waals surface area contributed by atoms with Crippen LogP contribution >= 0.6 is 0 Å². The molecule has 0 fully saturated rings. The van der Waals surface area contributed by atoms with Gasteiger partial charge in [0, 0.05) is 25.7 Å². The van der Waals surface area contributed by atoms with Gasteiger partial charge in [-0.2, -0.15) is 0 Å². The third-order valence-electron chi connectivity index (χ3n) is 3.66. The van der Waals surface area contributed by atoms with Crippen molar-refractivity contribution in [3.05, 3.63) is 28.7 Å². The van der Waals surface area contributed by atoms with Crippen LogP contribution in [0.3, 0.4) is 0 Å². The van der Waals surface area contributed by atoms with Crippen LogP contribution in [-0.4, -0.2) is 21.6 Å². The normalized spacial score (nSPS) is 13.8. The molecular weight excluding hydrogens is 260 g/mol. The summed E-state index contributed by atoms with van der Waals surface area (Å²) in [7, 11) is 1.58. The summed E-state index contributed by atoms with van der Waals surface area (Å²) >= 11 is 0. The highest BCUT2D eigenvalue weighted by atomic mass is 16.4. The number of amides is 1. The number of aryl methyl sites for hydroxylation is 1. The number of carboxylic acids is 1. The van der Waals surface area contributed by atoms with E-state index in [0.717, 1.165) is 0 Å². The van der Waals surface area contributed by atoms with Gasteiger partial charge in [-0.05, 0) is 18.9 Å². The van der Waals surface area contributed by atoms with E-state index in [1.165, 1.54) is 22.9 Å². The Kier molecular flexibility index (Phi) is 4.70. The third-order valence-corrected chi connectivity index (χ3v) is 3.66. The van der Waals surface area contributed by atoms with E-state index in [4.69, 9.17) is 0 Å². The van der Waals surface area contributed by atoms with E-state index in [1.54, 1.807) is 27.8 Å². The summed E-state index contributed by atoms with van der Waals surface area (Å²) in [5, 5.41) is 11.9. The number of rotatable bonds is 5. The summed E-state index contributed by atoms with van der Waals surface area (Å²) in [5.41, 5.74) is -0.834. The summed E-state index contributed by atoms with van der Waals surface area (Å²) in [5.74, 6) is -1.56. The molecule has 1 heterocycles. The van der Waals surface area contributed by atoms with E-state index in [2.05, 4.69) is 5.32 Å². The molecule has 1 unspecified atom stereocenters. The molecule has 0 aliphatic heterocycles. The summed E-state index contributed by atoms with van der Waals surface area (Å²) in [6.45, 7) is 5.10. The zero-order chi connectivity index (χ0) is 15.5. The lowest BCUT2D eigenvalue weighted by Gasteiger charge is -2.28. The lowest BCUT2D eigenvalue weighted by molar-refractivity contribution is -0.153. The molecule has 0 saturated heterocycles. The number of nitrogens with zero attached hydrogens (tertiary/aromatic N) is 1. The van der Waals surface area contributed by atoms with Crippen LogP contribution in [0.2, 0.25) is 0 Å². The summed E-state index contributed by atoms with van der Waals surface area (Å²) in [6.07, 6.45) is 1.37. The number of anilines is 1. The fourth-order valence-corrected chi connectivity index (χ4v) is 1.73. The summed E-state index contributed by atoms with van der Waals surface area (Å²) < 4.78 is 1.34. The van der Waals surface area contributed by atoms with E-state index in [1.807, 2.05) is 0 Å². The van der Waals surface area contributed by atoms with Crippen molar-refractivity contribution < 1.29 is 14.7 Å². The molecule has 0 bridgehead atoms. The number of hydrogen-bond donors (Lipinski definition) is 2. The Labute approximate surface area is 117 Å². The fraction of sp³-hybridized carbons (Fsp3) is 0.500. The standard InChI is InChI=1S/C14H20N2O4/c1-9(2)14(3,13(19)20)7-11(17)15-10-5-6-12(18)16(4)8-10/h5-6,8-9H,7H2,1-4H3,(H,15,17)(H,19,20). The molecule has 1 aromatic rings. The van der Waals surface area contributed by atoms with Crippen LogP contribution in [0.1, 0.15) is 27.2 Å². The Morgan fingerprint density at radius 3 is 2.45 bits per heavy atom. The van der Waals surface area contributed by atoms with Crippen LogP contribution in [0.4, 0.5) is 5.69 Å². The molecule has 20 heavy (non-hydrogen) atoms. The van der Waals surface area contributed by atoms with Crippen LogP contribution in [-0.2, 0) is 16.6 Å². The topological polar surface area (TPSA) is 88.4 Å². The molecule has 2 N–H and O–H groups in total. The molecule has 1 aromatic heterocycles. The molecule has 1 atom stereocenters. The van der Waals surface area contributed by atoms with Gasteiger partial charge in [-0.1, -0.05) is 13.8 Å². The second-order valence-corrected chi connectivity index (χ2v) is 5.47. The molecule has 110 valence electrons. The van der Waals surface area contributed by atoms with Gasteiger partial charge < -0.3 is 15.0 Å². The zero-order valence-corrected chi connectivity index (χ0v) is 12.1. The zero-order valence-electron chi connectivity index (χ0n) is 12.1. The maximum absolute atomic E-state index is 12.0. The van der Waals surface area contributed by atoms with Gasteiger partial charge >= 0.3 is 5.97 Å². The first-order valence-electron chi connectivity index (χ1n) is 6.36. The van der Waals surface area contributed by atoms with Crippen LogP contribution in [0, 0.1) is 11.3 Å².